The highest BCUT2D eigenvalue weighted by Gasteiger charge is 2.09. The van der Waals surface area contributed by atoms with Crippen LogP contribution in [-0.4, -0.2) is 24.5 Å². The Kier molecular flexibility index (Phi) is 2.89. The zero-order chi connectivity index (χ0) is 13.1. The average molecular weight is 252 g/mol. The van der Waals surface area contributed by atoms with Crippen LogP contribution in [0.2, 0.25) is 0 Å². The zero-order valence-corrected chi connectivity index (χ0v) is 10.1. The number of imidazole rings is 1. The normalized spacial score (nSPS) is 10.5. The van der Waals surface area contributed by atoms with Crippen LogP contribution in [0.4, 0.5) is 5.69 Å². The lowest BCUT2D eigenvalue weighted by atomic mass is 10.2. The summed E-state index contributed by atoms with van der Waals surface area (Å²) >= 11 is 0. The second-order valence-corrected chi connectivity index (χ2v) is 4.07. The molecule has 0 saturated carbocycles. The van der Waals surface area contributed by atoms with Crippen molar-refractivity contribution in [2.75, 3.05) is 5.73 Å². The van der Waals surface area contributed by atoms with E-state index in [1.165, 1.54) is 6.33 Å². The quantitative estimate of drug-likeness (QED) is 0.761. The summed E-state index contributed by atoms with van der Waals surface area (Å²) in [6, 6.07) is 3.65. The van der Waals surface area contributed by atoms with Gasteiger partial charge in [0.15, 0.2) is 0 Å². The van der Waals surface area contributed by atoms with E-state index < -0.39 is 0 Å². The van der Waals surface area contributed by atoms with E-state index in [1.54, 1.807) is 37.2 Å². The zero-order valence-electron chi connectivity index (χ0n) is 10.1. The summed E-state index contributed by atoms with van der Waals surface area (Å²) in [4.78, 5) is 16.4. The Balaban J connectivity index is 1.98. The van der Waals surface area contributed by atoms with Gasteiger partial charge < -0.3 is 10.3 Å². The van der Waals surface area contributed by atoms with Gasteiger partial charge >= 0.3 is 0 Å². The van der Waals surface area contributed by atoms with Crippen molar-refractivity contribution in [3.63, 3.8) is 0 Å². The lowest BCUT2D eigenvalue weighted by molar-refractivity contribution is 0.775. The number of pyridine rings is 1. The second-order valence-electron chi connectivity index (χ2n) is 4.07. The van der Waals surface area contributed by atoms with Crippen molar-refractivity contribution in [3.8, 4) is 11.3 Å². The summed E-state index contributed by atoms with van der Waals surface area (Å²) < 4.78 is 1.98. The van der Waals surface area contributed by atoms with Gasteiger partial charge in [0.1, 0.15) is 6.33 Å². The summed E-state index contributed by atoms with van der Waals surface area (Å²) in [6.45, 7) is 0.617. The molecule has 3 aromatic rings. The Morgan fingerprint density at radius 2 is 1.95 bits per heavy atom. The molecular formula is C13H12N6. The van der Waals surface area contributed by atoms with Gasteiger partial charge in [0.25, 0.3) is 0 Å². The Labute approximate surface area is 110 Å². The largest absolute Gasteiger partial charge is 0.398 e. The van der Waals surface area contributed by atoms with E-state index in [2.05, 4.69) is 19.9 Å². The molecule has 0 aliphatic rings. The lowest BCUT2D eigenvalue weighted by Gasteiger charge is -2.09. The molecule has 3 aromatic heterocycles. The highest BCUT2D eigenvalue weighted by Crippen LogP contribution is 2.24. The third-order valence-electron chi connectivity index (χ3n) is 2.82. The molecule has 0 aliphatic heterocycles. The Bertz CT molecular complexity index is 676. The number of anilines is 1. The minimum atomic E-state index is 0.617. The second kappa shape index (κ2) is 4.85. The maximum atomic E-state index is 5.97. The fraction of sp³-hybridized carbons (Fsp3) is 0.0769. The summed E-state index contributed by atoms with van der Waals surface area (Å²) in [5.41, 5.74) is 9.35. The Morgan fingerprint density at radius 1 is 1.05 bits per heavy atom. The molecule has 3 heterocycles. The van der Waals surface area contributed by atoms with Crippen LogP contribution in [0.1, 0.15) is 5.69 Å². The summed E-state index contributed by atoms with van der Waals surface area (Å²) in [5.74, 6) is 0. The predicted octanol–water partition coefficient (Wildman–Crippen LogP) is 1.37. The van der Waals surface area contributed by atoms with Gasteiger partial charge in [-0.05, 0) is 12.1 Å². The first-order valence-electron chi connectivity index (χ1n) is 5.79. The first-order chi connectivity index (χ1) is 9.34. The van der Waals surface area contributed by atoms with Gasteiger partial charge in [-0.1, -0.05) is 0 Å². The van der Waals surface area contributed by atoms with Crippen molar-refractivity contribution in [2.45, 2.75) is 6.54 Å². The lowest BCUT2D eigenvalue weighted by Crippen LogP contribution is -2.03. The molecule has 19 heavy (non-hydrogen) atoms. The SMILES string of the molecule is Nc1ccncc1-c1cncn1Cc1ccncn1. The minimum absolute atomic E-state index is 0.617. The van der Waals surface area contributed by atoms with E-state index in [4.69, 9.17) is 5.73 Å². The van der Waals surface area contributed by atoms with Gasteiger partial charge in [-0.2, -0.15) is 0 Å². The molecule has 0 amide bonds. The van der Waals surface area contributed by atoms with E-state index in [1.807, 2.05) is 10.6 Å². The summed E-state index contributed by atoms with van der Waals surface area (Å²) in [5, 5.41) is 0. The molecule has 0 fully saturated rings. The maximum Gasteiger partial charge on any atom is 0.115 e. The molecule has 6 nitrogen and oxygen atoms in total. The van der Waals surface area contributed by atoms with Crippen LogP contribution in [0.15, 0.2) is 49.6 Å². The smallest absolute Gasteiger partial charge is 0.115 e. The third kappa shape index (κ3) is 2.28. The van der Waals surface area contributed by atoms with Crippen molar-refractivity contribution < 1.29 is 0 Å². The van der Waals surface area contributed by atoms with Gasteiger partial charge in [-0.3, -0.25) is 4.98 Å². The molecule has 0 aliphatic carbocycles. The molecular weight excluding hydrogens is 240 g/mol. The number of hydrogen-bond donors (Lipinski definition) is 1. The van der Waals surface area contributed by atoms with E-state index in [-0.39, 0.29) is 0 Å². The Hall–Kier alpha value is -2.76. The van der Waals surface area contributed by atoms with Crippen LogP contribution in [0.25, 0.3) is 11.3 Å². The van der Waals surface area contributed by atoms with E-state index in [0.29, 0.717) is 12.2 Å². The number of hydrogen-bond acceptors (Lipinski definition) is 5. The van der Waals surface area contributed by atoms with Gasteiger partial charge in [0.05, 0.1) is 30.5 Å². The van der Waals surface area contributed by atoms with Crippen molar-refractivity contribution in [1.29, 1.82) is 0 Å². The van der Waals surface area contributed by atoms with Crippen LogP contribution < -0.4 is 5.73 Å². The van der Waals surface area contributed by atoms with Crippen molar-refractivity contribution in [1.82, 2.24) is 24.5 Å². The third-order valence-corrected chi connectivity index (χ3v) is 2.82. The monoisotopic (exact) mass is 252 g/mol. The maximum absolute atomic E-state index is 5.97. The standard InChI is InChI=1S/C13H12N6/c14-12-2-4-15-5-11(12)13-6-17-9-19(13)7-10-1-3-16-8-18-10/h1-6,8-9H,7H2,(H2,14,15). The van der Waals surface area contributed by atoms with E-state index >= 15 is 0 Å². The average Bonchev–Trinajstić information content (AvgIpc) is 2.88. The number of nitrogens with zero attached hydrogens (tertiary/aromatic N) is 5. The highest BCUT2D eigenvalue weighted by atomic mass is 15.1. The van der Waals surface area contributed by atoms with Crippen LogP contribution in [0, 0.1) is 0 Å². The first-order valence-corrected chi connectivity index (χ1v) is 5.79. The minimum Gasteiger partial charge on any atom is -0.398 e. The number of nitrogen functional groups attached to an aromatic ring is 1. The van der Waals surface area contributed by atoms with Crippen molar-refractivity contribution >= 4 is 5.69 Å². The van der Waals surface area contributed by atoms with Crippen molar-refractivity contribution in [2.24, 2.45) is 0 Å². The van der Waals surface area contributed by atoms with Crippen LogP contribution in [0.3, 0.4) is 0 Å². The fourth-order valence-corrected chi connectivity index (χ4v) is 1.88. The predicted molar refractivity (Wildman–Crippen MR) is 71.0 cm³/mol. The fourth-order valence-electron chi connectivity index (χ4n) is 1.88. The van der Waals surface area contributed by atoms with Gasteiger partial charge in [-0.25, -0.2) is 15.0 Å². The van der Waals surface area contributed by atoms with E-state index in [0.717, 1.165) is 17.0 Å². The molecule has 2 N–H and O–H groups in total. The molecule has 0 saturated heterocycles. The number of rotatable bonds is 3. The molecule has 0 spiro atoms. The number of aromatic nitrogens is 5. The molecule has 0 aromatic carbocycles. The van der Waals surface area contributed by atoms with E-state index in [9.17, 15) is 0 Å². The summed E-state index contributed by atoms with van der Waals surface area (Å²) in [6.07, 6.45) is 10.2. The van der Waals surface area contributed by atoms with Crippen molar-refractivity contribution in [3.05, 3.63) is 55.3 Å². The molecule has 3 rings (SSSR count). The van der Waals surface area contributed by atoms with Crippen LogP contribution in [0.5, 0.6) is 0 Å². The Morgan fingerprint density at radius 3 is 2.74 bits per heavy atom. The molecule has 0 radical (unpaired) electrons. The summed E-state index contributed by atoms with van der Waals surface area (Å²) in [7, 11) is 0. The van der Waals surface area contributed by atoms with Gasteiger partial charge in [0, 0.05) is 29.8 Å². The molecule has 0 unspecified atom stereocenters. The molecule has 6 heteroatoms. The molecule has 94 valence electrons. The van der Waals surface area contributed by atoms with Gasteiger partial charge in [0.2, 0.25) is 0 Å². The first kappa shape index (κ1) is 11.3. The number of nitrogens with two attached hydrogens (primary N) is 1. The van der Waals surface area contributed by atoms with Crippen LogP contribution in [-0.2, 0) is 6.54 Å². The highest BCUT2D eigenvalue weighted by molar-refractivity contribution is 5.72. The van der Waals surface area contributed by atoms with Crippen LogP contribution >= 0.6 is 0 Å². The molecule has 0 bridgehead atoms. The topological polar surface area (TPSA) is 82.5 Å². The van der Waals surface area contributed by atoms with Gasteiger partial charge in [-0.15, -0.1) is 0 Å². The molecule has 0 atom stereocenters.